The van der Waals surface area contributed by atoms with Crippen LogP contribution in [0.15, 0.2) is 0 Å². The van der Waals surface area contributed by atoms with E-state index in [1.54, 1.807) is 0 Å². The summed E-state index contributed by atoms with van der Waals surface area (Å²) in [7, 11) is -3.24. The summed E-state index contributed by atoms with van der Waals surface area (Å²) in [6.45, 7) is 2.51. The van der Waals surface area contributed by atoms with Gasteiger partial charge in [0.15, 0.2) is 0 Å². The lowest BCUT2D eigenvalue weighted by Gasteiger charge is -2.42. The Kier molecular flexibility index (Phi) is 4.64. The molecule has 106 valence electrons. The first-order valence-corrected chi connectivity index (χ1v) is 8.47. The van der Waals surface area contributed by atoms with Crippen molar-refractivity contribution in [1.29, 1.82) is 0 Å². The van der Waals surface area contributed by atoms with Gasteiger partial charge in [-0.3, -0.25) is 0 Å². The lowest BCUT2D eigenvalue weighted by molar-refractivity contribution is -0.0249. The monoisotopic (exact) mass is 276 g/mol. The van der Waals surface area contributed by atoms with Gasteiger partial charge in [0.25, 0.3) is 0 Å². The first-order valence-electron chi connectivity index (χ1n) is 6.93. The van der Waals surface area contributed by atoms with E-state index < -0.39 is 10.0 Å². The van der Waals surface area contributed by atoms with Crippen LogP contribution in [0, 0.1) is 0 Å². The van der Waals surface area contributed by atoms with Crippen LogP contribution in [0.4, 0.5) is 0 Å². The van der Waals surface area contributed by atoms with Crippen molar-refractivity contribution < 1.29 is 13.2 Å². The van der Waals surface area contributed by atoms with E-state index in [4.69, 9.17) is 10.5 Å². The summed E-state index contributed by atoms with van der Waals surface area (Å²) in [5, 5.41) is -0.235. The zero-order chi connectivity index (χ0) is 13.2. The minimum atomic E-state index is -3.24. The Morgan fingerprint density at radius 2 is 1.94 bits per heavy atom. The Labute approximate surface area is 110 Å². The molecule has 2 fully saturated rings. The minimum absolute atomic E-state index is 0.0524. The van der Waals surface area contributed by atoms with Gasteiger partial charge in [-0.2, -0.15) is 0 Å². The minimum Gasteiger partial charge on any atom is -0.377 e. The molecule has 2 rings (SSSR count). The van der Waals surface area contributed by atoms with Crippen molar-refractivity contribution in [2.24, 2.45) is 5.73 Å². The molecular formula is C12H24N2O3S. The molecule has 0 aromatic rings. The van der Waals surface area contributed by atoms with Crippen molar-refractivity contribution in [3.8, 4) is 0 Å². The maximum atomic E-state index is 12.3. The summed E-state index contributed by atoms with van der Waals surface area (Å²) in [6, 6.07) is -0.350. The van der Waals surface area contributed by atoms with E-state index in [1.165, 1.54) is 0 Å². The standard InChI is InChI=1S/C12H24N2O3S/c1-2-17-11-8-10(13)12(11)14-18(15,16)9-6-4-3-5-7-9/h9-12,14H,2-8,13H2,1H3. The van der Waals surface area contributed by atoms with Crippen molar-refractivity contribution >= 4 is 10.0 Å². The van der Waals surface area contributed by atoms with Crippen molar-refractivity contribution in [1.82, 2.24) is 4.72 Å². The number of hydrogen-bond donors (Lipinski definition) is 2. The van der Waals surface area contributed by atoms with Crippen LogP contribution >= 0.6 is 0 Å². The van der Waals surface area contributed by atoms with Crippen LogP contribution < -0.4 is 10.5 Å². The number of sulfonamides is 1. The fraction of sp³-hybridized carbons (Fsp3) is 1.00. The molecular weight excluding hydrogens is 252 g/mol. The van der Waals surface area contributed by atoms with Crippen LogP contribution in [0.2, 0.25) is 0 Å². The molecule has 0 heterocycles. The summed E-state index contributed by atoms with van der Waals surface area (Å²) >= 11 is 0. The van der Waals surface area contributed by atoms with E-state index >= 15 is 0 Å². The van der Waals surface area contributed by atoms with Crippen molar-refractivity contribution in [2.75, 3.05) is 6.61 Å². The molecule has 6 heteroatoms. The molecule has 0 aliphatic heterocycles. The van der Waals surface area contributed by atoms with Gasteiger partial charge in [-0.15, -0.1) is 0 Å². The molecule has 3 unspecified atom stereocenters. The molecule has 0 spiro atoms. The zero-order valence-corrected chi connectivity index (χ0v) is 11.8. The van der Waals surface area contributed by atoms with Gasteiger partial charge in [0, 0.05) is 12.6 Å². The van der Waals surface area contributed by atoms with Crippen LogP contribution in [0.25, 0.3) is 0 Å². The first-order chi connectivity index (χ1) is 8.54. The largest absolute Gasteiger partial charge is 0.377 e. The molecule has 3 atom stereocenters. The van der Waals surface area contributed by atoms with Gasteiger partial charge in [0.05, 0.1) is 17.4 Å². The average molecular weight is 276 g/mol. The topological polar surface area (TPSA) is 81.4 Å². The van der Waals surface area contributed by atoms with Gasteiger partial charge in [0.1, 0.15) is 0 Å². The van der Waals surface area contributed by atoms with Crippen molar-refractivity contribution in [2.45, 2.75) is 68.9 Å². The third-order valence-electron chi connectivity index (χ3n) is 4.04. The maximum Gasteiger partial charge on any atom is 0.214 e. The quantitative estimate of drug-likeness (QED) is 0.776. The summed E-state index contributed by atoms with van der Waals surface area (Å²) in [6.07, 6.45) is 5.41. The summed E-state index contributed by atoms with van der Waals surface area (Å²) in [5.74, 6) is 0. The zero-order valence-electron chi connectivity index (χ0n) is 11.0. The first kappa shape index (κ1) is 14.2. The normalized spacial score (nSPS) is 34.2. The van der Waals surface area contributed by atoms with Gasteiger partial charge in [-0.05, 0) is 26.2 Å². The molecule has 0 saturated heterocycles. The van der Waals surface area contributed by atoms with Crippen molar-refractivity contribution in [3.63, 3.8) is 0 Å². The fourth-order valence-electron chi connectivity index (χ4n) is 2.85. The lowest BCUT2D eigenvalue weighted by atomic mass is 9.84. The predicted octanol–water partition coefficient (Wildman–Crippen LogP) is 0.743. The van der Waals surface area contributed by atoms with E-state index in [-0.39, 0.29) is 23.4 Å². The molecule has 0 aromatic heterocycles. The molecule has 3 N–H and O–H groups in total. The third kappa shape index (κ3) is 3.04. The highest BCUT2D eigenvalue weighted by Crippen LogP contribution is 2.27. The smallest absolute Gasteiger partial charge is 0.214 e. The van der Waals surface area contributed by atoms with Gasteiger partial charge in [-0.1, -0.05) is 19.3 Å². The highest BCUT2D eigenvalue weighted by Gasteiger charge is 2.43. The molecule has 0 aromatic carbocycles. The van der Waals surface area contributed by atoms with E-state index in [2.05, 4.69) is 4.72 Å². The lowest BCUT2D eigenvalue weighted by Crippen LogP contribution is -2.65. The van der Waals surface area contributed by atoms with E-state index in [0.717, 1.165) is 38.5 Å². The second kappa shape index (κ2) is 5.86. The molecule has 0 amide bonds. The van der Waals surface area contributed by atoms with Crippen LogP contribution in [-0.2, 0) is 14.8 Å². The van der Waals surface area contributed by atoms with E-state index in [9.17, 15) is 8.42 Å². The SMILES string of the molecule is CCOC1CC(N)C1NS(=O)(=O)C1CCCCC1. The summed E-state index contributed by atoms with van der Waals surface area (Å²) < 4.78 is 32.8. The Bertz CT molecular complexity index is 364. The van der Waals surface area contributed by atoms with Crippen molar-refractivity contribution in [3.05, 3.63) is 0 Å². The van der Waals surface area contributed by atoms with Crippen LogP contribution in [0.5, 0.6) is 0 Å². The molecule has 2 aliphatic rings. The fourth-order valence-corrected chi connectivity index (χ4v) is 4.70. The highest BCUT2D eigenvalue weighted by atomic mass is 32.2. The van der Waals surface area contributed by atoms with Gasteiger partial charge >= 0.3 is 0 Å². The maximum absolute atomic E-state index is 12.3. The number of hydrogen-bond acceptors (Lipinski definition) is 4. The number of rotatable bonds is 5. The summed E-state index contributed by atoms with van der Waals surface area (Å²) in [4.78, 5) is 0. The Hall–Kier alpha value is -0.170. The van der Waals surface area contributed by atoms with E-state index in [1.807, 2.05) is 6.92 Å². The van der Waals surface area contributed by atoms with Crippen LogP contribution in [0.3, 0.4) is 0 Å². The second-order valence-corrected chi connectivity index (χ2v) is 7.33. The van der Waals surface area contributed by atoms with Gasteiger partial charge < -0.3 is 10.5 Å². The molecule has 2 aliphatic carbocycles. The molecule has 5 nitrogen and oxygen atoms in total. The molecule has 0 radical (unpaired) electrons. The van der Waals surface area contributed by atoms with Crippen LogP contribution in [-0.4, -0.2) is 38.5 Å². The summed E-state index contributed by atoms with van der Waals surface area (Å²) in [5.41, 5.74) is 5.87. The van der Waals surface area contributed by atoms with Gasteiger partial charge in [0.2, 0.25) is 10.0 Å². The Morgan fingerprint density at radius 3 is 2.50 bits per heavy atom. The molecule has 0 bridgehead atoms. The molecule has 2 saturated carbocycles. The van der Waals surface area contributed by atoms with Crippen LogP contribution in [0.1, 0.15) is 45.4 Å². The van der Waals surface area contributed by atoms with Gasteiger partial charge in [-0.25, -0.2) is 13.1 Å². The number of nitrogens with one attached hydrogen (secondary N) is 1. The number of ether oxygens (including phenoxy) is 1. The Balaban J connectivity index is 1.94. The average Bonchev–Trinajstić information content (AvgIpc) is 2.37. The molecule has 18 heavy (non-hydrogen) atoms. The third-order valence-corrected chi connectivity index (χ3v) is 5.99. The van der Waals surface area contributed by atoms with E-state index in [0.29, 0.717) is 6.61 Å². The highest BCUT2D eigenvalue weighted by molar-refractivity contribution is 7.90. The second-order valence-electron chi connectivity index (χ2n) is 5.34. The predicted molar refractivity (Wildman–Crippen MR) is 70.7 cm³/mol. The Morgan fingerprint density at radius 1 is 1.28 bits per heavy atom. The number of nitrogens with two attached hydrogens (primary N) is 1.